The fourth-order valence-electron chi connectivity index (χ4n) is 4.07. The Labute approximate surface area is 143 Å². The highest BCUT2D eigenvalue weighted by Gasteiger charge is 2.40. The largest absolute Gasteiger partial charge is 0.350 e. The van der Waals surface area contributed by atoms with E-state index in [4.69, 9.17) is 0 Å². The zero-order valence-electron chi connectivity index (χ0n) is 13.9. The number of likely N-dealkylation sites (N-methyl/N-ethyl adjacent to an activating group) is 1. The van der Waals surface area contributed by atoms with Crippen molar-refractivity contribution in [2.24, 2.45) is 11.8 Å². The minimum atomic E-state index is 0.0740. The first-order valence-corrected chi connectivity index (χ1v) is 9.40. The second-order valence-electron chi connectivity index (χ2n) is 6.89. The molecule has 0 aliphatic carbocycles. The second kappa shape index (κ2) is 7.60. The molecule has 0 aromatic carbocycles. The number of thiophene rings is 1. The molecule has 23 heavy (non-hydrogen) atoms. The molecule has 4 heterocycles. The van der Waals surface area contributed by atoms with Gasteiger partial charge in [-0.1, -0.05) is 12.1 Å². The van der Waals surface area contributed by atoms with E-state index < -0.39 is 0 Å². The molecule has 1 unspecified atom stereocenters. The van der Waals surface area contributed by atoms with E-state index in [1.54, 1.807) is 0 Å². The number of carbonyl (C=O) groups excluding carboxylic acids is 1. The van der Waals surface area contributed by atoms with Crippen LogP contribution in [0.15, 0.2) is 30.2 Å². The summed E-state index contributed by atoms with van der Waals surface area (Å²) in [5.74, 6) is 1.64. The smallest absolute Gasteiger partial charge is 0.261 e. The number of nitrogens with one attached hydrogen (secondary N) is 1. The molecule has 3 saturated heterocycles. The van der Waals surface area contributed by atoms with Crippen LogP contribution in [0.5, 0.6) is 0 Å². The van der Waals surface area contributed by atoms with Gasteiger partial charge in [0, 0.05) is 32.2 Å². The van der Waals surface area contributed by atoms with E-state index in [1.165, 1.54) is 37.3 Å². The van der Waals surface area contributed by atoms with Crippen molar-refractivity contribution in [2.45, 2.75) is 18.9 Å². The van der Waals surface area contributed by atoms with Crippen molar-refractivity contribution < 1.29 is 4.79 Å². The quantitative estimate of drug-likeness (QED) is 0.778. The SMILES string of the molecule is C=CCN(C)C[C@H]1CN2CC[C@H]1C[C@@H]2CNC(=O)c1cccs1. The highest BCUT2D eigenvalue weighted by molar-refractivity contribution is 7.12. The summed E-state index contributed by atoms with van der Waals surface area (Å²) in [6, 6.07) is 4.33. The molecule has 1 amide bonds. The minimum Gasteiger partial charge on any atom is -0.350 e. The first-order valence-electron chi connectivity index (χ1n) is 8.52. The first-order chi connectivity index (χ1) is 11.2. The molecule has 3 aliphatic heterocycles. The average Bonchev–Trinajstić information content (AvgIpc) is 3.08. The van der Waals surface area contributed by atoms with Crippen molar-refractivity contribution in [3.8, 4) is 0 Å². The van der Waals surface area contributed by atoms with E-state index in [2.05, 4.69) is 28.7 Å². The molecule has 1 aromatic rings. The molecule has 3 fully saturated rings. The second-order valence-corrected chi connectivity index (χ2v) is 7.84. The van der Waals surface area contributed by atoms with Crippen LogP contribution in [0.3, 0.4) is 0 Å². The number of rotatable bonds is 7. The number of fused-ring (bicyclic) bond motifs is 3. The average molecular weight is 334 g/mol. The topological polar surface area (TPSA) is 35.6 Å². The van der Waals surface area contributed by atoms with Gasteiger partial charge in [0.2, 0.25) is 0 Å². The fourth-order valence-corrected chi connectivity index (χ4v) is 4.71. The molecule has 5 heteroatoms. The molecular formula is C18H27N3OS. The zero-order chi connectivity index (χ0) is 16.2. The molecule has 0 saturated carbocycles. The van der Waals surface area contributed by atoms with Crippen molar-refractivity contribution in [3.63, 3.8) is 0 Å². The van der Waals surface area contributed by atoms with Gasteiger partial charge in [-0.25, -0.2) is 0 Å². The van der Waals surface area contributed by atoms with Gasteiger partial charge in [0.1, 0.15) is 0 Å². The number of piperidine rings is 3. The number of nitrogens with zero attached hydrogens (tertiary/aromatic N) is 2. The van der Waals surface area contributed by atoms with Crippen LogP contribution < -0.4 is 5.32 Å². The van der Waals surface area contributed by atoms with Crippen molar-refractivity contribution in [3.05, 3.63) is 35.0 Å². The summed E-state index contributed by atoms with van der Waals surface area (Å²) in [7, 11) is 2.18. The summed E-state index contributed by atoms with van der Waals surface area (Å²) >= 11 is 1.51. The van der Waals surface area contributed by atoms with Crippen molar-refractivity contribution in [1.29, 1.82) is 0 Å². The Hall–Kier alpha value is -1.17. The lowest BCUT2D eigenvalue weighted by atomic mass is 9.75. The summed E-state index contributed by atoms with van der Waals surface area (Å²) in [6.07, 6.45) is 4.50. The van der Waals surface area contributed by atoms with Gasteiger partial charge < -0.3 is 10.2 Å². The maximum atomic E-state index is 12.1. The molecule has 4 nitrogen and oxygen atoms in total. The van der Waals surface area contributed by atoms with Crippen LogP contribution in [0, 0.1) is 11.8 Å². The fraction of sp³-hybridized carbons (Fsp3) is 0.611. The highest BCUT2D eigenvalue weighted by atomic mass is 32.1. The third-order valence-corrected chi connectivity index (χ3v) is 6.11. The van der Waals surface area contributed by atoms with Crippen molar-refractivity contribution in [1.82, 2.24) is 15.1 Å². The van der Waals surface area contributed by atoms with Crippen LogP contribution >= 0.6 is 11.3 Å². The van der Waals surface area contributed by atoms with E-state index >= 15 is 0 Å². The van der Waals surface area contributed by atoms with Gasteiger partial charge in [0.15, 0.2) is 0 Å². The predicted molar refractivity (Wildman–Crippen MR) is 95.9 cm³/mol. The molecule has 126 valence electrons. The van der Waals surface area contributed by atoms with E-state index in [1.807, 2.05) is 23.6 Å². The van der Waals surface area contributed by atoms with Gasteiger partial charge in [-0.15, -0.1) is 17.9 Å². The predicted octanol–water partition coefficient (Wildman–Crippen LogP) is 2.31. The summed E-state index contributed by atoms with van der Waals surface area (Å²) in [5.41, 5.74) is 0. The first kappa shape index (κ1) is 16.7. The minimum absolute atomic E-state index is 0.0740. The third kappa shape index (κ3) is 4.03. The summed E-state index contributed by atoms with van der Waals surface area (Å²) in [6.45, 7) is 9.08. The normalized spacial score (nSPS) is 29.7. The molecule has 0 radical (unpaired) electrons. The Morgan fingerprint density at radius 1 is 1.61 bits per heavy atom. The van der Waals surface area contributed by atoms with Gasteiger partial charge >= 0.3 is 0 Å². The van der Waals surface area contributed by atoms with Gasteiger partial charge in [-0.2, -0.15) is 0 Å². The lowest BCUT2D eigenvalue weighted by Gasteiger charge is -2.50. The maximum Gasteiger partial charge on any atom is 0.261 e. The van der Waals surface area contributed by atoms with Crippen LogP contribution in [0.25, 0.3) is 0 Å². The van der Waals surface area contributed by atoms with Crippen LogP contribution in [0.4, 0.5) is 0 Å². The van der Waals surface area contributed by atoms with Crippen molar-refractivity contribution >= 4 is 17.2 Å². The zero-order valence-corrected chi connectivity index (χ0v) is 14.7. The van der Waals surface area contributed by atoms with Gasteiger partial charge in [-0.3, -0.25) is 9.69 Å². The van der Waals surface area contributed by atoms with Gasteiger partial charge in [0.25, 0.3) is 5.91 Å². The Morgan fingerprint density at radius 2 is 2.48 bits per heavy atom. The summed E-state index contributed by atoms with van der Waals surface area (Å²) in [5, 5.41) is 5.07. The maximum absolute atomic E-state index is 12.1. The molecule has 2 bridgehead atoms. The molecule has 3 aliphatic rings. The van der Waals surface area contributed by atoms with Gasteiger partial charge in [0.05, 0.1) is 4.88 Å². The van der Waals surface area contributed by atoms with Crippen molar-refractivity contribution in [2.75, 3.05) is 39.8 Å². The molecule has 1 aromatic heterocycles. The van der Waals surface area contributed by atoms with E-state index in [0.717, 1.165) is 36.3 Å². The Morgan fingerprint density at radius 3 is 3.13 bits per heavy atom. The standard InChI is InChI=1S/C18H27N3OS/c1-3-7-20(2)12-15-13-21-8-6-14(15)10-16(21)11-19-18(22)17-5-4-9-23-17/h3-5,9,14-16H,1,6-8,10-13H2,2H3,(H,19,22)/t14-,15-,16+/m0/s1. The molecular weight excluding hydrogens is 306 g/mol. The number of carbonyl (C=O) groups is 1. The van der Waals surface area contributed by atoms with Crippen LogP contribution in [-0.4, -0.2) is 61.5 Å². The van der Waals surface area contributed by atoms with Crippen LogP contribution in [0.2, 0.25) is 0 Å². The van der Waals surface area contributed by atoms with Crippen LogP contribution in [-0.2, 0) is 0 Å². The van der Waals surface area contributed by atoms with E-state index in [-0.39, 0.29) is 5.91 Å². The van der Waals surface area contributed by atoms with Crippen LogP contribution in [0.1, 0.15) is 22.5 Å². The highest BCUT2D eigenvalue weighted by Crippen LogP contribution is 2.36. The van der Waals surface area contributed by atoms with Gasteiger partial charge in [-0.05, 0) is 49.7 Å². The lowest BCUT2D eigenvalue weighted by Crippen LogP contribution is -2.58. The third-order valence-electron chi connectivity index (χ3n) is 5.24. The number of hydrogen-bond donors (Lipinski definition) is 1. The molecule has 0 spiro atoms. The Balaban J connectivity index is 1.49. The summed E-state index contributed by atoms with van der Waals surface area (Å²) in [4.78, 5) is 17.9. The molecule has 1 N–H and O–H groups in total. The summed E-state index contributed by atoms with van der Waals surface area (Å²) < 4.78 is 0. The van der Waals surface area contributed by atoms with E-state index in [9.17, 15) is 4.79 Å². The molecule has 4 rings (SSSR count). The lowest BCUT2D eigenvalue weighted by molar-refractivity contribution is -0.00777. The number of amides is 1. The Kier molecular flexibility index (Phi) is 5.51. The monoisotopic (exact) mass is 333 g/mol. The number of hydrogen-bond acceptors (Lipinski definition) is 4. The van der Waals surface area contributed by atoms with E-state index in [0.29, 0.717) is 6.04 Å². The Bertz CT molecular complexity index is 530. The molecule has 4 atom stereocenters.